The lowest BCUT2D eigenvalue weighted by Crippen LogP contribution is -2.04. The second-order valence-corrected chi connectivity index (χ2v) is 7.21. The zero-order chi connectivity index (χ0) is 22.2. The number of pyridine rings is 1. The van der Waals surface area contributed by atoms with Crippen LogP contribution in [0.5, 0.6) is 5.75 Å². The first kappa shape index (κ1) is 20.8. The fourth-order valence-corrected chi connectivity index (χ4v) is 3.55. The molecule has 0 saturated carbocycles. The molecule has 6 heteroatoms. The summed E-state index contributed by atoms with van der Waals surface area (Å²) >= 11 is 0. The Morgan fingerprint density at radius 1 is 0.903 bits per heavy atom. The van der Waals surface area contributed by atoms with Crippen LogP contribution in [0.1, 0.15) is 18.1 Å². The van der Waals surface area contributed by atoms with Gasteiger partial charge >= 0.3 is 6.18 Å². The second-order valence-electron chi connectivity index (χ2n) is 7.21. The average molecular weight is 425 g/mol. The van der Waals surface area contributed by atoms with E-state index in [2.05, 4.69) is 4.98 Å². The van der Waals surface area contributed by atoms with Gasteiger partial charge in [0, 0.05) is 16.5 Å². The number of nitrogens with zero attached hydrogens (tertiary/aromatic N) is 1. The standard InChI is InChI=1S/C25H19F4NO/c1-3-31-19-6-4-5-16(12-19)20-9-7-17(13-22(20)26)24-11-15(2)21-14-18(25(27,28)29)8-10-23(21)30-24/h4-14H,3H2,1-2H3. The van der Waals surface area contributed by atoms with Crippen LogP contribution in [-0.2, 0) is 6.18 Å². The van der Waals surface area contributed by atoms with Gasteiger partial charge in [-0.25, -0.2) is 9.37 Å². The number of halogens is 4. The van der Waals surface area contributed by atoms with Crippen molar-refractivity contribution in [1.82, 2.24) is 4.98 Å². The largest absolute Gasteiger partial charge is 0.494 e. The molecule has 0 N–H and O–H groups in total. The van der Waals surface area contributed by atoms with Crippen LogP contribution in [0.25, 0.3) is 33.3 Å². The number of hydrogen-bond donors (Lipinski definition) is 0. The predicted octanol–water partition coefficient (Wildman–Crippen LogP) is 7.43. The van der Waals surface area contributed by atoms with E-state index in [4.69, 9.17) is 4.74 Å². The fourth-order valence-electron chi connectivity index (χ4n) is 3.55. The van der Waals surface area contributed by atoms with Gasteiger partial charge in [0.1, 0.15) is 11.6 Å². The minimum Gasteiger partial charge on any atom is -0.494 e. The molecular formula is C25H19F4NO. The number of aromatic nitrogens is 1. The first-order valence-corrected chi connectivity index (χ1v) is 9.78. The van der Waals surface area contributed by atoms with Gasteiger partial charge in [0.15, 0.2) is 0 Å². The number of benzene rings is 3. The summed E-state index contributed by atoms with van der Waals surface area (Å²) < 4.78 is 59.5. The molecule has 0 radical (unpaired) electrons. The van der Waals surface area contributed by atoms with Crippen LogP contribution in [0.2, 0.25) is 0 Å². The lowest BCUT2D eigenvalue weighted by atomic mass is 9.99. The molecule has 1 aromatic heterocycles. The lowest BCUT2D eigenvalue weighted by Gasteiger charge is -2.12. The highest BCUT2D eigenvalue weighted by atomic mass is 19.4. The van der Waals surface area contributed by atoms with Gasteiger partial charge < -0.3 is 4.74 Å². The molecule has 0 fully saturated rings. The Labute approximate surface area is 177 Å². The van der Waals surface area contributed by atoms with Gasteiger partial charge in [-0.15, -0.1) is 0 Å². The summed E-state index contributed by atoms with van der Waals surface area (Å²) in [6, 6.07) is 17.1. The van der Waals surface area contributed by atoms with Crippen molar-refractivity contribution in [1.29, 1.82) is 0 Å². The molecule has 0 aliphatic heterocycles. The van der Waals surface area contributed by atoms with Gasteiger partial charge in [0.05, 0.1) is 23.4 Å². The molecule has 0 bridgehead atoms. The van der Waals surface area contributed by atoms with Crippen molar-refractivity contribution in [2.24, 2.45) is 0 Å². The van der Waals surface area contributed by atoms with E-state index in [1.807, 2.05) is 13.0 Å². The third-order valence-corrected chi connectivity index (χ3v) is 5.06. The molecule has 0 saturated heterocycles. The first-order chi connectivity index (χ1) is 14.8. The Hall–Kier alpha value is -3.41. The van der Waals surface area contributed by atoms with Crippen molar-refractivity contribution in [2.75, 3.05) is 6.61 Å². The minimum absolute atomic E-state index is 0.418. The first-order valence-electron chi connectivity index (χ1n) is 9.78. The molecule has 0 spiro atoms. The highest BCUT2D eigenvalue weighted by molar-refractivity contribution is 5.86. The Morgan fingerprint density at radius 2 is 1.71 bits per heavy atom. The number of hydrogen-bond acceptors (Lipinski definition) is 2. The SMILES string of the molecule is CCOc1cccc(-c2ccc(-c3cc(C)c4cc(C(F)(F)F)ccc4n3)cc2F)c1. The zero-order valence-electron chi connectivity index (χ0n) is 16.9. The topological polar surface area (TPSA) is 22.1 Å². The number of rotatable bonds is 4. The highest BCUT2D eigenvalue weighted by Crippen LogP contribution is 2.34. The van der Waals surface area contributed by atoms with Crippen LogP contribution >= 0.6 is 0 Å². The minimum atomic E-state index is -4.42. The summed E-state index contributed by atoms with van der Waals surface area (Å²) in [6.45, 7) is 4.12. The monoisotopic (exact) mass is 425 g/mol. The van der Waals surface area contributed by atoms with Gasteiger partial charge in [0.25, 0.3) is 0 Å². The number of ether oxygens (including phenoxy) is 1. The van der Waals surface area contributed by atoms with Crippen molar-refractivity contribution < 1.29 is 22.3 Å². The summed E-state index contributed by atoms with van der Waals surface area (Å²) in [4.78, 5) is 4.46. The van der Waals surface area contributed by atoms with Crippen molar-refractivity contribution in [3.05, 3.63) is 83.7 Å². The maximum absolute atomic E-state index is 14.9. The van der Waals surface area contributed by atoms with Gasteiger partial charge in [-0.3, -0.25) is 0 Å². The number of fused-ring (bicyclic) bond motifs is 1. The van der Waals surface area contributed by atoms with Crippen LogP contribution in [0.15, 0.2) is 66.7 Å². The predicted molar refractivity (Wildman–Crippen MR) is 113 cm³/mol. The van der Waals surface area contributed by atoms with Gasteiger partial charge in [-0.1, -0.05) is 24.3 Å². The Bertz CT molecular complexity index is 1260. The van der Waals surface area contributed by atoms with E-state index in [-0.39, 0.29) is 0 Å². The van der Waals surface area contributed by atoms with Crippen molar-refractivity contribution >= 4 is 10.9 Å². The summed E-state index contributed by atoms with van der Waals surface area (Å²) in [7, 11) is 0. The molecule has 2 nitrogen and oxygen atoms in total. The molecule has 4 aromatic rings. The zero-order valence-corrected chi connectivity index (χ0v) is 16.9. The molecule has 3 aromatic carbocycles. The Morgan fingerprint density at radius 3 is 2.42 bits per heavy atom. The number of aryl methyl sites for hydroxylation is 1. The van der Waals surface area contributed by atoms with Gasteiger partial charge in [-0.05, 0) is 67.4 Å². The van der Waals surface area contributed by atoms with E-state index in [9.17, 15) is 17.6 Å². The van der Waals surface area contributed by atoms with E-state index in [0.29, 0.717) is 51.2 Å². The van der Waals surface area contributed by atoms with Crippen molar-refractivity contribution in [3.63, 3.8) is 0 Å². The van der Waals surface area contributed by atoms with E-state index < -0.39 is 17.6 Å². The molecule has 1 heterocycles. The van der Waals surface area contributed by atoms with E-state index >= 15 is 0 Å². The highest BCUT2D eigenvalue weighted by Gasteiger charge is 2.30. The van der Waals surface area contributed by atoms with Crippen LogP contribution in [0, 0.1) is 12.7 Å². The molecular weight excluding hydrogens is 406 g/mol. The van der Waals surface area contributed by atoms with Crippen molar-refractivity contribution in [2.45, 2.75) is 20.0 Å². The summed E-state index contributed by atoms with van der Waals surface area (Å²) in [5, 5.41) is 0.420. The Balaban J connectivity index is 1.73. The molecule has 0 amide bonds. The summed E-state index contributed by atoms with van der Waals surface area (Å²) in [5.41, 5.74) is 2.51. The quantitative estimate of drug-likeness (QED) is 0.317. The molecule has 0 aliphatic carbocycles. The van der Waals surface area contributed by atoms with Crippen LogP contribution < -0.4 is 4.74 Å². The third kappa shape index (κ3) is 4.24. The van der Waals surface area contributed by atoms with Crippen molar-refractivity contribution in [3.8, 4) is 28.1 Å². The average Bonchev–Trinajstić information content (AvgIpc) is 2.73. The normalized spacial score (nSPS) is 11.7. The maximum atomic E-state index is 14.9. The molecule has 158 valence electrons. The lowest BCUT2D eigenvalue weighted by molar-refractivity contribution is -0.137. The van der Waals surface area contributed by atoms with E-state index in [1.165, 1.54) is 12.1 Å². The molecule has 4 rings (SSSR count). The molecule has 31 heavy (non-hydrogen) atoms. The van der Waals surface area contributed by atoms with Crippen LogP contribution in [0.3, 0.4) is 0 Å². The van der Waals surface area contributed by atoms with Gasteiger partial charge in [-0.2, -0.15) is 13.2 Å². The number of alkyl halides is 3. The fraction of sp³-hybridized carbons (Fsp3) is 0.160. The summed E-state index contributed by atoms with van der Waals surface area (Å²) in [5.74, 6) is 0.242. The Kier molecular flexibility index (Phi) is 5.39. The van der Waals surface area contributed by atoms with Crippen LogP contribution in [-0.4, -0.2) is 11.6 Å². The molecule has 0 unspecified atom stereocenters. The van der Waals surface area contributed by atoms with Crippen LogP contribution in [0.4, 0.5) is 17.6 Å². The summed E-state index contributed by atoms with van der Waals surface area (Å²) in [6.07, 6.45) is -4.42. The van der Waals surface area contributed by atoms with Gasteiger partial charge in [0.2, 0.25) is 0 Å². The smallest absolute Gasteiger partial charge is 0.416 e. The third-order valence-electron chi connectivity index (χ3n) is 5.06. The molecule has 0 atom stereocenters. The second kappa shape index (κ2) is 8.02. The van der Waals surface area contributed by atoms with E-state index in [0.717, 1.165) is 12.1 Å². The van der Waals surface area contributed by atoms with E-state index in [1.54, 1.807) is 43.3 Å². The maximum Gasteiger partial charge on any atom is 0.416 e. The molecule has 0 aliphatic rings.